The third-order valence-corrected chi connectivity index (χ3v) is 4.22. The molecular weight excluding hydrogens is 304 g/mol. The SMILES string of the molecule is CCCCCC(=O)N[C@@H]1CC2(C[C@@H]1C(=O)OC)OCCO2.NO. The first kappa shape index (κ1) is 19.8. The summed E-state index contributed by atoms with van der Waals surface area (Å²) in [5, 5.41) is 9.45. The van der Waals surface area contributed by atoms with Crippen molar-refractivity contribution in [3.63, 3.8) is 0 Å². The maximum atomic E-state index is 12.0. The Morgan fingerprint density at radius 2 is 1.91 bits per heavy atom. The highest BCUT2D eigenvalue weighted by molar-refractivity contribution is 5.79. The molecule has 1 aliphatic carbocycles. The highest BCUT2D eigenvalue weighted by Gasteiger charge is 2.52. The maximum absolute atomic E-state index is 12.0. The average Bonchev–Trinajstić information content (AvgIpc) is 3.16. The molecule has 134 valence electrons. The lowest BCUT2D eigenvalue weighted by Gasteiger charge is -2.21. The van der Waals surface area contributed by atoms with Crippen LogP contribution in [0.5, 0.6) is 0 Å². The van der Waals surface area contributed by atoms with Gasteiger partial charge < -0.3 is 24.7 Å². The summed E-state index contributed by atoms with van der Waals surface area (Å²) < 4.78 is 16.2. The summed E-state index contributed by atoms with van der Waals surface area (Å²) in [4.78, 5) is 23.9. The van der Waals surface area contributed by atoms with E-state index < -0.39 is 11.7 Å². The molecule has 1 heterocycles. The zero-order valence-electron chi connectivity index (χ0n) is 13.9. The van der Waals surface area contributed by atoms with Crippen molar-refractivity contribution in [1.29, 1.82) is 0 Å². The van der Waals surface area contributed by atoms with Crippen molar-refractivity contribution in [3.8, 4) is 0 Å². The second-order valence-corrected chi connectivity index (χ2v) is 5.78. The predicted octanol–water partition coefficient (Wildman–Crippen LogP) is 0.712. The fraction of sp³-hybridized carbons (Fsp3) is 0.867. The molecule has 2 rings (SSSR count). The standard InChI is InChI=1S/C15H25NO5.H3NO/c1-3-4-5-6-13(17)16-12-10-15(20-7-8-21-15)9-11(12)14(18)19-2;1-2/h11-12H,3-10H2,1-2H3,(H,16,17);2H,1H2/t11-,12+;/m0./s1. The molecule has 0 aromatic heterocycles. The van der Waals surface area contributed by atoms with Crippen LogP contribution in [0.4, 0.5) is 0 Å². The second-order valence-electron chi connectivity index (χ2n) is 5.78. The minimum atomic E-state index is -0.722. The van der Waals surface area contributed by atoms with Crippen molar-refractivity contribution in [2.75, 3.05) is 20.3 Å². The van der Waals surface area contributed by atoms with Crippen molar-refractivity contribution >= 4 is 11.9 Å². The summed E-state index contributed by atoms with van der Waals surface area (Å²) >= 11 is 0. The topological polar surface area (TPSA) is 120 Å². The summed E-state index contributed by atoms with van der Waals surface area (Å²) in [7, 11) is 1.36. The van der Waals surface area contributed by atoms with Gasteiger partial charge in [0.15, 0.2) is 5.79 Å². The molecule has 1 aliphatic heterocycles. The van der Waals surface area contributed by atoms with E-state index in [1.165, 1.54) is 7.11 Å². The van der Waals surface area contributed by atoms with Gasteiger partial charge in [-0.1, -0.05) is 19.8 Å². The van der Waals surface area contributed by atoms with E-state index in [0.717, 1.165) is 19.3 Å². The summed E-state index contributed by atoms with van der Waals surface area (Å²) in [5.41, 5.74) is 0. The van der Waals surface area contributed by atoms with Gasteiger partial charge in [-0.25, -0.2) is 5.90 Å². The van der Waals surface area contributed by atoms with E-state index >= 15 is 0 Å². The van der Waals surface area contributed by atoms with Crippen LogP contribution in [0.25, 0.3) is 0 Å². The van der Waals surface area contributed by atoms with Gasteiger partial charge in [-0.05, 0) is 6.42 Å². The largest absolute Gasteiger partial charge is 0.469 e. The fourth-order valence-electron chi connectivity index (χ4n) is 3.14. The summed E-state index contributed by atoms with van der Waals surface area (Å²) in [5.74, 6) is 2.05. The molecule has 0 aromatic carbocycles. The van der Waals surface area contributed by atoms with Crippen LogP contribution in [0, 0.1) is 5.92 Å². The van der Waals surface area contributed by atoms with Crippen molar-refractivity contribution in [1.82, 2.24) is 5.32 Å². The highest BCUT2D eigenvalue weighted by Crippen LogP contribution is 2.41. The van der Waals surface area contributed by atoms with E-state index in [1.54, 1.807) is 0 Å². The predicted molar refractivity (Wildman–Crippen MR) is 81.4 cm³/mol. The van der Waals surface area contributed by atoms with Crippen molar-refractivity contribution in [2.45, 2.75) is 57.3 Å². The van der Waals surface area contributed by atoms with E-state index in [0.29, 0.717) is 32.5 Å². The Hall–Kier alpha value is -1.22. The van der Waals surface area contributed by atoms with Crippen LogP contribution in [0.3, 0.4) is 0 Å². The number of unbranched alkanes of at least 4 members (excludes halogenated alkanes) is 2. The van der Waals surface area contributed by atoms with Gasteiger partial charge in [0.1, 0.15) is 0 Å². The van der Waals surface area contributed by atoms with Gasteiger partial charge in [0, 0.05) is 25.3 Å². The van der Waals surface area contributed by atoms with Crippen molar-refractivity contribution in [2.24, 2.45) is 11.8 Å². The molecule has 2 fully saturated rings. The molecule has 8 nitrogen and oxygen atoms in total. The van der Waals surface area contributed by atoms with Crippen molar-refractivity contribution < 1.29 is 29.0 Å². The number of carbonyl (C=O) groups is 2. The van der Waals surface area contributed by atoms with Gasteiger partial charge in [0.25, 0.3) is 0 Å². The Bertz CT molecular complexity index is 384. The zero-order chi connectivity index (χ0) is 17.3. The molecule has 2 aliphatic rings. The monoisotopic (exact) mass is 332 g/mol. The van der Waals surface area contributed by atoms with Gasteiger partial charge in [0.05, 0.1) is 26.2 Å². The Labute approximate surface area is 136 Å². The van der Waals surface area contributed by atoms with Crippen LogP contribution in [0.2, 0.25) is 0 Å². The summed E-state index contributed by atoms with van der Waals surface area (Å²) in [6, 6.07) is -0.273. The number of esters is 1. The minimum absolute atomic E-state index is 0.0163. The first-order chi connectivity index (χ1) is 11.1. The number of hydrogen-bond donors (Lipinski definition) is 3. The van der Waals surface area contributed by atoms with Gasteiger partial charge in [-0.15, -0.1) is 0 Å². The smallest absolute Gasteiger partial charge is 0.310 e. The normalized spacial score (nSPS) is 24.9. The molecule has 4 N–H and O–H groups in total. The van der Waals surface area contributed by atoms with Crippen LogP contribution in [-0.4, -0.2) is 49.2 Å². The van der Waals surface area contributed by atoms with Crippen LogP contribution >= 0.6 is 0 Å². The van der Waals surface area contributed by atoms with Crippen LogP contribution in [0.15, 0.2) is 0 Å². The Morgan fingerprint density at radius 1 is 1.26 bits per heavy atom. The van der Waals surface area contributed by atoms with Crippen LogP contribution in [0.1, 0.15) is 45.4 Å². The molecule has 1 saturated heterocycles. The third-order valence-electron chi connectivity index (χ3n) is 4.22. The highest BCUT2D eigenvalue weighted by atomic mass is 16.7. The third kappa shape index (κ3) is 5.42. The molecule has 0 bridgehead atoms. The molecule has 0 aromatic rings. The Balaban J connectivity index is 0.00000127. The van der Waals surface area contributed by atoms with Gasteiger partial charge in [-0.3, -0.25) is 9.59 Å². The number of rotatable bonds is 6. The quantitative estimate of drug-likeness (QED) is 0.372. The first-order valence-corrected chi connectivity index (χ1v) is 8.01. The summed E-state index contributed by atoms with van der Waals surface area (Å²) in [6.45, 7) is 3.16. The first-order valence-electron chi connectivity index (χ1n) is 8.01. The van der Waals surface area contributed by atoms with Crippen molar-refractivity contribution in [3.05, 3.63) is 0 Å². The van der Waals surface area contributed by atoms with Crippen LogP contribution in [-0.2, 0) is 23.8 Å². The number of hydrogen-bond acceptors (Lipinski definition) is 7. The number of nitrogens with one attached hydrogen (secondary N) is 1. The van der Waals surface area contributed by atoms with E-state index in [9.17, 15) is 9.59 Å². The molecule has 0 radical (unpaired) electrons. The molecule has 1 saturated carbocycles. The number of nitrogens with two attached hydrogens (primary N) is 1. The number of carbonyl (C=O) groups excluding carboxylic acids is 2. The average molecular weight is 332 g/mol. The lowest BCUT2D eigenvalue weighted by molar-refractivity contribution is -0.161. The molecule has 2 atom stereocenters. The number of methoxy groups -OCH3 is 1. The zero-order valence-corrected chi connectivity index (χ0v) is 13.9. The Morgan fingerprint density at radius 3 is 2.48 bits per heavy atom. The number of ether oxygens (including phenoxy) is 3. The molecule has 1 spiro atoms. The maximum Gasteiger partial charge on any atom is 0.310 e. The molecule has 0 unspecified atom stereocenters. The van der Waals surface area contributed by atoms with Gasteiger partial charge >= 0.3 is 5.97 Å². The molecule has 8 heteroatoms. The number of amides is 1. The van der Waals surface area contributed by atoms with Crippen LogP contribution < -0.4 is 11.2 Å². The molecule has 23 heavy (non-hydrogen) atoms. The van der Waals surface area contributed by atoms with E-state index in [1.807, 2.05) is 0 Å². The lowest BCUT2D eigenvalue weighted by Crippen LogP contribution is -2.40. The van der Waals surface area contributed by atoms with Gasteiger partial charge in [-0.2, -0.15) is 0 Å². The second kappa shape index (κ2) is 9.82. The van der Waals surface area contributed by atoms with Gasteiger partial charge in [0.2, 0.25) is 5.91 Å². The molecule has 1 amide bonds. The summed E-state index contributed by atoms with van der Waals surface area (Å²) in [6.07, 6.45) is 4.43. The van der Waals surface area contributed by atoms with E-state index in [-0.39, 0.29) is 17.9 Å². The minimum Gasteiger partial charge on any atom is -0.469 e. The Kier molecular flexibility index (Phi) is 8.46. The van der Waals surface area contributed by atoms with E-state index in [2.05, 4.69) is 18.1 Å². The molecular formula is C15H28N2O6. The lowest BCUT2D eigenvalue weighted by atomic mass is 10.0. The van der Waals surface area contributed by atoms with E-state index in [4.69, 9.17) is 19.4 Å². The fourth-order valence-corrected chi connectivity index (χ4v) is 3.14.